The van der Waals surface area contributed by atoms with Crippen LogP contribution in [-0.2, 0) is 11.3 Å². The number of nitrogens with zero attached hydrogens (tertiary/aromatic N) is 3. The number of hydrogen-bond acceptors (Lipinski definition) is 3. The number of benzene rings is 1. The average Bonchev–Trinajstić information content (AvgIpc) is 3.36. The molecule has 2 aliphatic rings. The summed E-state index contributed by atoms with van der Waals surface area (Å²) in [6.07, 6.45) is 4.21. The van der Waals surface area contributed by atoms with E-state index in [1.165, 1.54) is 12.0 Å². The van der Waals surface area contributed by atoms with Crippen molar-refractivity contribution in [3.8, 4) is 5.69 Å². The molecule has 27 heavy (non-hydrogen) atoms. The Bertz CT molecular complexity index is 813. The lowest BCUT2D eigenvalue weighted by Gasteiger charge is -2.22. The molecule has 3 atom stereocenters. The SMILES string of the molecule is CCNC(=NCc1c(C)nn(-c2ccccc2)c1C)NC1CC2CCC1O2. The molecule has 2 aromatic rings. The maximum atomic E-state index is 5.96. The summed E-state index contributed by atoms with van der Waals surface area (Å²) in [5.41, 5.74) is 4.43. The molecular formula is C21H29N5O. The molecule has 0 spiro atoms. The maximum absolute atomic E-state index is 5.96. The van der Waals surface area contributed by atoms with E-state index < -0.39 is 0 Å². The second-order valence-electron chi connectivity index (χ2n) is 7.45. The van der Waals surface area contributed by atoms with Gasteiger partial charge in [0.15, 0.2) is 5.96 Å². The number of hydrogen-bond donors (Lipinski definition) is 2. The molecule has 0 radical (unpaired) electrons. The first-order chi connectivity index (χ1) is 13.2. The third kappa shape index (κ3) is 3.72. The van der Waals surface area contributed by atoms with Crippen LogP contribution < -0.4 is 10.6 Å². The van der Waals surface area contributed by atoms with Gasteiger partial charge in [-0.1, -0.05) is 18.2 Å². The van der Waals surface area contributed by atoms with Crippen LogP contribution in [0.15, 0.2) is 35.3 Å². The lowest BCUT2D eigenvalue weighted by Crippen LogP contribution is -2.47. The number of nitrogens with one attached hydrogen (secondary N) is 2. The van der Waals surface area contributed by atoms with E-state index in [-0.39, 0.29) is 0 Å². The first-order valence-electron chi connectivity index (χ1n) is 9.96. The summed E-state index contributed by atoms with van der Waals surface area (Å²) in [5.74, 6) is 0.866. The molecule has 1 aromatic heterocycles. The predicted molar refractivity (Wildman–Crippen MR) is 107 cm³/mol. The molecule has 2 fully saturated rings. The highest BCUT2D eigenvalue weighted by molar-refractivity contribution is 5.80. The lowest BCUT2D eigenvalue weighted by atomic mass is 9.96. The van der Waals surface area contributed by atoms with Crippen LogP contribution in [0.4, 0.5) is 0 Å². The molecule has 6 nitrogen and oxygen atoms in total. The van der Waals surface area contributed by atoms with Crippen LogP contribution in [0.25, 0.3) is 5.69 Å². The van der Waals surface area contributed by atoms with Crippen molar-refractivity contribution in [2.45, 2.75) is 64.8 Å². The second kappa shape index (κ2) is 7.72. The molecule has 3 heterocycles. The standard InChI is InChI=1S/C21H29N5O/c1-4-22-21(24-19-12-17-10-11-20(19)27-17)23-13-18-14(2)25-26(15(18)3)16-8-6-5-7-9-16/h5-9,17,19-20H,4,10-13H2,1-3H3,(H2,22,23,24). The summed E-state index contributed by atoms with van der Waals surface area (Å²) < 4.78 is 7.96. The zero-order valence-electron chi connectivity index (χ0n) is 16.4. The summed E-state index contributed by atoms with van der Waals surface area (Å²) in [6.45, 7) is 7.72. The minimum absolute atomic E-state index is 0.336. The summed E-state index contributed by atoms with van der Waals surface area (Å²) in [5, 5.41) is 11.7. The molecule has 3 unspecified atom stereocenters. The number of aromatic nitrogens is 2. The zero-order valence-corrected chi connectivity index (χ0v) is 16.4. The smallest absolute Gasteiger partial charge is 0.191 e. The Kier molecular flexibility index (Phi) is 5.16. The lowest BCUT2D eigenvalue weighted by molar-refractivity contribution is 0.0992. The fourth-order valence-corrected chi connectivity index (χ4v) is 4.17. The van der Waals surface area contributed by atoms with Gasteiger partial charge in [-0.05, 0) is 52.2 Å². The number of fused-ring (bicyclic) bond motifs is 2. The van der Waals surface area contributed by atoms with Crippen LogP contribution in [0.3, 0.4) is 0 Å². The van der Waals surface area contributed by atoms with Crippen LogP contribution in [0.5, 0.6) is 0 Å². The van der Waals surface area contributed by atoms with E-state index in [1.54, 1.807) is 0 Å². The Morgan fingerprint density at radius 3 is 2.74 bits per heavy atom. The predicted octanol–water partition coefficient (Wildman–Crippen LogP) is 2.86. The van der Waals surface area contributed by atoms with E-state index in [1.807, 2.05) is 22.9 Å². The molecule has 2 N–H and O–H groups in total. The molecule has 6 heteroatoms. The number of rotatable bonds is 5. The van der Waals surface area contributed by atoms with Crippen molar-refractivity contribution in [3.63, 3.8) is 0 Å². The van der Waals surface area contributed by atoms with Crippen molar-refractivity contribution in [1.29, 1.82) is 0 Å². The normalized spacial score (nSPS) is 24.4. The van der Waals surface area contributed by atoms with Crippen molar-refractivity contribution in [2.75, 3.05) is 6.54 Å². The Balaban J connectivity index is 1.50. The van der Waals surface area contributed by atoms with Gasteiger partial charge in [-0.3, -0.25) is 0 Å². The third-order valence-corrected chi connectivity index (χ3v) is 5.61. The molecule has 2 aliphatic heterocycles. The number of para-hydroxylation sites is 1. The maximum Gasteiger partial charge on any atom is 0.191 e. The minimum atomic E-state index is 0.336. The summed E-state index contributed by atoms with van der Waals surface area (Å²) in [6, 6.07) is 10.6. The Morgan fingerprint density at radius 2 is 2.07 bits per heavy atom. The van der Waals surface area contributed by atoms with Gasteiger partial charge < -0.3 is 15.4 Å². The molecule has 1 aromatic carbocycles. The number of guanidine groups is 1. The van der Waals surface area contributed by atoms with Gasteiger partial charge in [-0.25, -0.2) is 9.67 Å². The van der Waals surface area contributed by atoms with E-state index in [0.29, 0.717) is 24.8 Å². The van der Waals surface area contributed by atoms with Crippen molar-refractivity contribution in [1.82, 2.24) is 20.4 Å². The van der Waals surface area contributed by atoms with Gasteiger partial charge in [-0.2, -0.15) is 5.10 Å². The Morgan fingerprint density at radius 1 is 1.26 bits per heavy atom. The number of ether oxygens (including phenoxy) is 1. The van der Waals surface area contributed by atoms with E-state index in [2.05, 4.69) is 43.5 Å². The third-order valence-electron chi connectivity index (χ3n) is 5.61. The average molecular weight is 367 g/mol. The summed E-state index contributed by atoms with van der Waals surface area (Å²) in [4.78, 5) is 4.84. The van der Waals surface area contributed by atoms with Crippen molar-refractivity contribution >= 4 is 5.96 Å². The van der Waals surface area contributed by atoms with Crippen LogP contribution in [0, 0.1) is 13.8 Å². The second-order valence-corrected chi connectivity index (χ2v) is 7.45. The van der Waals surface area contributed by atoms with Gasteiger partial charge >= 0.3 is 0 Å². The van der Waals surface area contributed by atoms with Crippen LogP contribution in [0.1, 0.15) is 43.1 Å². The van der Waals surface area contributed by atoms with Crippen molar-refractivity contribution in [2.24, 2.45) is 4.99 Å². The topological polar surface area (TPSA) is 63.5 Å². The van der Waals surface area contributed by atoms with Crippen LogP contribution in [0.2, 0.25) is 0 Å². The Hall–Kier alpha value is -2.34. The van der Waals surface area contributed by atoms with Crippen molar-refractivity contribution in [3.05, 3.63) is 47.3 Å². The van der Waals surface area contributed by atoms with E-state index in [0.717, 1.165) is 42.4 Å². The van der Waals surface area contributed by atoms with Crippen LogP contribution >= 0.6 is 0 Å². The molecule has 144 valence electrons. The molecular weight excluding hydrogens is 338 g/mol. The van der Waals surface area contributed by atoms with Crippen molar-refractivity contribution < 1.29 is 4.74 Å². The fourth-order valence-electron chi connectivity index (χ4n) is 4.17. The zero-order chi connectivity index (χ0) is 18.8. The first-order valence-corrected chi connectivity index (χ1v) is 9.96. The quantitative estimate of drug-likeness (QED) is 0.630. The molecule has 0 aliphatic carbocycles. The molecule has 2 bridgehead atoms. The van der Waals surface area contributed by atoms with E-state index in [4.69, 9.17) is 14.8 Å². The molecule has 4 rings (SSSR count). The monoisotopic (exact) mass is 367 g/mol. The van der Waals surface area contributed by atoms with Gasteiger partial charge in [0, 0.05) is 17.8 Å². The molecule has 0 amide bonds. The Labute approximate surface area is 161 Å². The van der Waals surface area contributed by atoms with Gasteiger partial charge in [-0.15, -0.1) is 0 Å². The van der Waals surface area contributed by atoms with Gasteiger partial charge in [0.2, 0.25) is 0 Å². The molecule has 2 saturated heterocycles. The highest BCUT2D eigenvalue weighted by Gasteiger charge is 2.41. The number of aliphatic imine (C=N–C) groups is 1. The minimum Gasteiger partial charge on any atom is -0.373 e. The first kappa shape index (κ1) is 18.0. The highest BCUT2D eigenvalue weighted by atomic mass is 16.5. The number of aryl methyl sites for hydroxylation is 1. The van der Waals surface area contributed by atoms with Gasteiger partial charge in [0.25, 0.3) is 0 Å². The van der Waals surface area contributed by atoms with E-state index >= 15 is 0 Å². The highest BCUT2D eigenvalue weighted by Crippen LogP contribution is 2.34. The fraction of sp³-hybridized carbons (Fsp3) is 0.524. The largest absolute Gasteiger partial charge is 0.373 e. The van der Waals surface area contributed by atoms with Gasteiger partial charge in [0.1, 0.15) is 0 Å². The van der Waals surface area contributed by atoms with E-state index in [9.17, 15) is 0 Å². The van der Waals surface area contributed by atoms with Gasteiger partial charge in [0.05, 0.1) is 36.2 Å². The van der Waals surface area contributed by atoms with Crippen LogP contribution in [-0.4, -0.2) is 40.5 Å². The summed E-state index contributed by atoms with van der Waals surface area (Å²) in [7, 11) is 0. The molecule has 0 saturated carbocycles. The summed E-state index contributed by atoms with van der Waals surface area (Å²) >= 11 is 0.